The van der Waals surface area contributed by atoms with Gasteiger partial charge in [0.25, 0.3) is 0 Å². The lowest BCUT2D eigenvalue weighted by molar-refractivity contribution is 0.830. The molecule has 2 aliphatic rings. The van der Waals surface area contributed by atoms with Crippen LogP contribution in [-0.2, 0) is 12.8 Å². The molecule has 3 heteroatoms. The van der Waals surface area contributed by atoms with Gasteiger partial charge in [0.2, 0.25) is 0 Å². The Bertz CT molecular complexity index is 675. The van der Waals surface area contributed by atoms with E-state index in [0.717, 1.165) is 13.1 Å². The van der Waals surface area contributed by atoms with Gasteiger partial charge in [0.1, 0.15) is 8.07 Å². The molecular formula is C20H26N2Si. The number of aryl methyl sites for hydroxylation is 2. The molecule has 2 N–H and O–H groups in total. The second-order valence-electron chi connectivity index (χ2n) is 7.43. The molecule has 0 amide bonds. The van der Waals surface area contributed by atoms with Crippen LogP contribution in [0.2, 0.25) is 13.1 Å². The Kier molecular flexibility index (Phi) is 3.68. The molecule has 0 aromatic heterocycles. The van der Waals surface area contributed by atoms with Crippen molar-refractivity contribution in [1.29, 1.82) is 0 Å². The lowest BCUT2D eigenvalue weighted by Gasteiger charge is -2.28. The fourth-order valence-corrected chi connectivity index (χ4v) is 6.21. The highest BCUT2D eigenvalue weighted by Gasteiger charge is 2.28. The minimum absolute atomic E-state index is 1.11. The first-order valence-corrected chi connectivity index (χ1v) is 11.9. The molecular weight excluding hydrogens is 296 g/mol. The second kappa shape index (κ2) is 5.71. The van der Waals surface area contributed by atoms with Crippen LogP contribution in [-0.4, -0.2) is 21.2 Å². The van der Waals surface area contributed by atoms with Crippen LogP contribution in [0.3, 0.4) is 0 Å². The van der Waals surface area contributed by atoms with Crippen LogP contribution in [0.1, 0.15) is 24.0 Å². The summed E-state index contributed by atoms with van der Waals surface area (Å²) < 4.78 is 0. The fraction of sp³-hybridized carbons (Fsp3) is 0.400. The Hall–Kier alpha value is -1.74. The van der Waals surface area contributed by atoms with Gasteiger partial charge in [0.05, 0.1) is 0 Å². The molecule has 4 rings (SSSR count). The summed E-state index contributed by atoms with van der Waals surface area (Å²) in [5.41, 5.74) is 5.70. The summed E-state index contributed by atoms with van der Waals surface area (Å²) in [7, 11) is -1.65. The van der Waals surface area contributed by atoms with Crippen molar-refractivity contribution in [3.63, 3.8) is 0 Å². The highest BCUT2D eigenvalue weighted by molar-refractivity contribution is 7.00. The van der Waals surface area contributed by atoms with Gasteiger partial charge in [-0.15, -0.1) is 0 Å². The number of anilines is 2. The van der Waals surface area contributed by atoms with E-state index in [1.807, 2.05) is 0 Å². The van der Waals surface area contributed by atoms with Crippen LogP contribution in [0.4, 0.5) is 11.4 Å². The molecule has 120 valence electrons. The molecule has 0 spiro atoms. The van der Waals surface area contributed by atoms with Crippen LogP contribution in [0, 0.1) is 0 Å². The smallest absolute Gasteiger partial charge is 0.112 e. The van der Waals surface area contributed by atoms with Crippen molar-refractivity contribution < 1.29 is 0 Å². The molecule has 0 radical (unpaired) electrons. The standard InChI is InChI=1S/C20H26N2Si/c1-23(2,17-9-7-15-5-3-11-21-19(15)13-17)18-10-8-16-6-4-12-22-20(16)14-18/h7-10,13-14,21-22H,3-6,11-12H2,1-2H3. The first-order valence-electron chi connectivity index (χ1n) is 8.89. The molecule has 0 saturated heterocycles. The molecule has 2 aliphatic heterocycles. The molecule has 2 nitrogen and oxygen atoms in total. The highest BCUT2D eigenvalue weighted by atomic mass is 28.3. The molecule has 2 aromatic carbocycles. The van der Waals surface area contributed by atoms with Crippen LogP contribution in [0.5, 0.6) is 0 Å². The zero-order valence-corrected chi connectivity index (χ0v) is 15.2. The first kappa shape index (κ1) is 14.8. The molecule has 0 bridgehead atoms. The number of nitrogens with one attached hydrogen (secondary N) is 2. The lowest BCUT2D eigenvalue weighted by Crippen LogP contribution is -2.53. The van der Waals surface area contributed by atoms with Gasteiger partial charge >= 0.3 is 0 Å². The largest absolute Gasteiger partial charge is 0.385 e. The van der Waals surface area contributed by atoms with E-state index in [-0.39, 0.29) is 0 Å². The van der Waals surface area contributed by atoms with Crippen LogP contribution in [0.25, 0.3) is 0 Å². The van der Waals surface area contributed by atoms with Gasteiger partial charge in [0.15, 0.2) is 0 Å². The topological polar surface area (TPSA) is 24.1 Å². The summed E-state index contributed by atoms with van der Waals surface area (Å²) in [6.07, 6.45) is 4.94. The van der Waals surface area contributed by atoms with E-state index >= 15 is 0 Å². The fourth-order valence-electron chi connectivity index (χ4n) is 3.87. The van der Waals surface area contributed by atoms with E-state index in [9.17, 15) is 0 Å². The van der Waals surface area contributed by atoms with Gasteiger partial charge in [0, 0.05) is 24.5 Å². The third-order valence-electron chi connectivity index (χ3n) is 5.54. The van der Waals surface area contributed by atoms with Crippen LogP contribution >= 0.6 is 0 Å². The average molecular weight is 323 g/mol. The third-order valence-corrected chi connectivity index (χ3v) is 9.05. The van der Waals surface area contributed by atoms with Gasteiger partial charge in [-0.1, -0.05) is 47.7 Å². The zero-order valence-electron chi connectivity index (χ0n) is 14.2. The van der Waals surface area contributed by atoms with E-state index in [4.69, 9.17) is 0 Å². The van der Waals surface area contributed by atoms with E-state index in [0.29, 0.717) is 0 Å². The summed E-state index contributed by atoms with van der Waals surface area (Å²) in [6.45, 7) is 7.17. The number of benzene rings is 2. The third kappa shape index (κ3) is 2.67. The Labute approximate surface area is 140 Å². The van der Waals surface area contributed by atoms with Gasteiger partial charge in [-0.3, -0.25) is 0 Å². The van der Waals surface area contributed by atoms with E-state index < -0.39 is 8.07 Å². The maximum absolute atomic E-state index is 3.59. The number of hydrogen-bond donors (Lipinski definition) is 2. The maximum atomic E-state index is 3.59. The van der Waals surface area contributed by atoms with E-state index in [1.165, 1.54) is 58.6 Å². The number of hydrogen-bond acceptors (Lipinski definition) is 2. The lowest BCUT2D eigenvalue weighted by atomic mass is 10.0. The van der Waals surface area contributed by atoms with Crippen molar-refractivity contribution in [2.75, 3.05) is 23.7 Å². The Morgan fingerprint density at radius 1 is 0.739 bits per heavy atom. The van der Waals surface area contributed by atoms with Gasteiger partial charge in [-0.2, -0.15) is 0 Å². The van der Waals surface area contributed by atoms with Crippen LogP contribution in [0.15, 0.2) is 36.4 Å². The second-order valence-corrected chi connectivity index (χ2v) is 11.8. The Morgan fingerprint density at radius 2 is 1.22 bits per heavy atom. The Balaban J connectivity index is 1.72. The highest BCUT2D eigenvalue weighted by Crippen LogP contribution is 2.24. The first-order chi connectivity index (χ1) is 11.1. The van der Waals surface area contributed by atoms with Crippen molar-refractivity contribution in [2.24, 2.45) is 0 Å². The van der Waals surface area contributed by atoms with Crippen molar-refractivity contribution in [1.82, 2.24) is 0 Å². The molecule has 0 aliphatic carbocycles. The summed E-state index contributed by atoms with van der Waals surface area (Å²) in [5.74, 6) is 0. The SMILES string of the molecule is C[Si](C)(c1ccc2c(c1)NCCC2)c1ccc2c(c1)NCCC2. The normalized spacial score (nSPS) is 16.8. The molecule has 23 heavy (non-hydrogen) atoms. The van der Waals surface area contributed by atoms with Crippen molar-refractivity contribution >= 4 is 29.8 Å². The van der Waals surface area contributed by atoms with Gasteiger partial charge < -0.3 is 10.6 Å². The maximum Gasteiger partial charge on any atom is 0.112 e. The van der Waals surface area contributed by atoms with Gasteiger partial charge in [-0.25, -0.2) is 0 Å². The molecule has 2 heterocycles. The number of rotatable bonds is 2. The number of fused-ring (bicyclic) bond motifs is 2. The average Bonchev–Trinajstić information content (AvgIpc) is 2.61. The summed E-state index contributed by atoms with van der Waals surface area (Å²) in [5, 5.41) is 10.2. The Morgan fingerprint density at radius 3 is 1.70 bits per heavy atom. The summed E-state index contributed by atoms with van der Waals surface area (Å²) in [6, 6.07) is 14.3. The molecule has 2 aromatic rings. The van der Waals surface area contributed by atoms with Crippen LogP contribution < -0.4 is 21.0 Å². The molecule has 0 fully saturated rings. The zero-order chi connectivity index (χ0) is 15.9. The van der Waals surface area contributed by atoms with Crippen molar-refractivity contribution in [3.8, 4) is 0 Å². The summed E-state index contributed by atoms with van der Waals surface area (Å²) in [4.78, 5) is 0. The quantitative estimate of drug-likeness (QED) is 0.830. The minimum atomic E-state index is -1.65. The van der Waals surface area contributed by atoms with Gasteiger partial charge in [-0.05, 0) is 48.9 Å². The summed E-state index contributed by atoms with van der Waals surface area (Å²) >= 11 is 0. The minimum Gasteiger partial charge on any atom is -0.385 e. The van der Waals surface area contributed by atoms with E-state index in [1.54, 1.807) is 0 Å². The predicted molar refractivity (Wildman–Crippen MR) is 103 cm³/mol. The van der Waals surface area contributed by atoms with Crippen molar-refractivity contribution in [2.45, 2.75) is 38.8 Å². The monoisotopic (exact) mass is 322 g/mol. The predicted octanol–water partition coefficient (Wildman–Crippen LogP) is 3.23. The van der Waals surface area contributed by atoms with Crippen molar-refractivity contribution in [3.05, 3.63) is 47.5 Å². The molecule has 0 saturated carbocycles. The molecule has 0 atom stereocenters. The van der Waals surface area contributed by atoms with E-state index in [2.05, 4.69) is 60.1 Å². The molecule has 0 unspecified atom stereocenters.